The fourth-order valence-electron chi connectivity index (χ4n) is 3.19. The van der Waals surface area contributed by atoms with Crippen LogP contribution in [0.25, 0.3) is 0 Å². The number of piperidine rings is 1. The Labute approximate surface area is 169 Å². The first-order valence-corrected chi connectivity index (χ1v) is 9.58. The Balaban J connectivity index is 2.07. The molecule has 4 N–H and O–H groups in total. The molecule has 0 bridgehead atoms. The average molecular weight is 405 g/mol. The van der Waals surface area contributed by atoms with Gasteiger partial charge in [-0.05, 0) is 24.9 Å². The second-order valence-electron chi connectivity index (χ2n) is 6.94. The van der Waals surface area contributed by atoms with Crippen molar-refractivity contribution < 1.29 is 29.0 Å². The Morgan fingerprint density at radius 3 is 2.45 bits per heavy atom. The van der Waals surface area contributed by atoms with Crippen LogP contribution in [0.1, 0.15) is 31.2 Å². The molecule has 158 valence electrons. The standard InChI is InChI=1S/C20H27N3O6/c1-29-20(28)16(11-13-7-3-2-4-8-13)23-19(27)15(12-17(24)25)22-18(26)14-9-5-6-10-21-14/h2-4,7-8,14-16,21H,5-6,9-12H2,1H3,(H,22,26)(H,23,27)(H,24,25)/t14?,15-,16-/m0/s1. The third kappa shape index (κ3) is 7.19. The molecule has 9 nitrogen and oxygen atoms in total. The van der Waals surface area contributed by atoms with Crippen molar-refractivity contribution in [3.8, 4) is 0 Å². The summed E-state index contributed by atoms with van der Waals surface area (Å²) in [7, 11) is 1.21. The minimum absolute atomic E-state index is 0.178. The minimum Gasteiger partial charge on any atom is -0.481 e. The lowest BCUT2D eigenvalue weighted by Crippen LogP contribution is -2.56. The molecule has 1 heterocycles. The van der Waals surface area contributed by atoms with Gasteiger partial charge < -0.3 is 25.8 Å². The summed E-state index contributed by atoms with van der Waals surface area (Å²) in [6.45, 7) is 0.690. The highest BCUT2D eigenvalue weighted by molar-refractivity contribution is 5.94. The summed E-state index contributed by atoms with van der Waals surface area (Å²) in [6, 6.07) is 6.26. The molecule has 3 atom stereocenters. The smallest absolute Gasteiger partial charge is 0.328 e. The molecule has 2 amide bonds. The van der Waals surface area contributed by atoms with Crippen molar-refractivity contribution in [3.05, 3.63) is 35.9 Å². The molecule has 1 aromatic carbocycles. The van der Waals surface area contributed by atoms with E-state index < -0.39 is 48.3 Å². The number of aliphatic carboxylic acids is 1. The maximum absolute atomic E-state index is 12.7. The lowest BCUT2D eigenvalue weighted by molar-refractivity contribution is -0.145. The molecular weight excluding hydrogens is 378 g/mol. The summed E-state index contributed by atoms with van der Waals surface area (Å²) in [4.78, 5) is 48.4. The lowest BCUT2D eigenvalue weighted by Gasteiger charge is -2.26. The van der Waals surface area contributed by atoms with Crippen LogP contribution in [0.5, 0.6) is 0 Å². The molecule has 1 aliphatic heterocycles. The van der Waals surface area contributed by atoms with Crippen LogP contribution in [-0.2, 0) is 30.3 Å². The van der Waals surface area contributed by atoms with Crippen LogP contribution in [0.2, 0.25) is 0 Å². The van der Waals surface area contributed by atoms with Crippen molar-refractivity contribution >= 4 is 23.8 Å². The van der Waals surface area contributed by atoms with Gasteiger partial charge in [-0.15, -0.1) is 0 Å². The van der Waals surface area contributed by atoms with Crippen molar-refractivity contribution in [3.63, 3.8) is 0 Å². The number of esters is 1. The monoisotopic (exact) mass is 405 g/mol. The van der Waals surface area contributed by atoms with Crippen molar-refractivity contribution in [2.24, 2.45) is 0 Å². The second-order valence-corrected chi connectivity index (χ2v) is 6.94. The number of ether oxygens (including phenoxy) is 1. The number of carbonyl (C=O) groups excluding carboxylic acids is 3. The maximum Gasteiger partial charge on any atom is 0.328 e. The zero-order valence-corrected chi connectivity index (χ0v) is 16.3. The fourth-order valence-corrected chi connectivity index (χ4v) is 3.19. The molecule has 1 saturated heterocycles. The van der Waals surface area contributed by atoms with Gasteiger partial charge in [0, 0.05) is 6.42 Å². The first kappa shape index (κ1) is 22.4. The van der Waals surface area contributed by atoms with Crippen molar-refractivity contribution in [2.45, 2.75) is 50.2 Å². The first-order chi connectivity index (χ1) is 13.9. The molecule has 1 fully saturated rings. The van der Waals surface area contributed by atoms with Gasteiger partial charge >= 0.3 is 11.9 Å². The van der Waals surface area contributed by atoms with E-state index >= 15 is 0 Å². The summed E-state index contributed by atoms with van der Waals surface area (Å²) >= 11 is 0. The van der Waals surface area contributed by atoms with Gasteiger partial charge in [0.25, 0.3) is 0 Å². The summed E-state index contributed by atoms with van der Waals surface area (Å²) in [5.41, 5.74) is 0.799. The van der Waals surface area contributed by atoms with E-state index in [9.17, 15) is 19.2 Å². The number of carboxylic acid groups (broad SMARTS) is 1. The highest BCUT2D eigenvalue weighted by Crippen LogP contribution is 2.09. The van der Waals surface area contributed by atoms with Crippen LogP contribution in [-0.4, -0.2) is 60.6 Å². The normalized spacial score (nSPS) is 18.2. The number of carbonyl (C=O) groups is 4. The first-order valence-electron chi connectivity index (χ1n) is 9.58. The number of methoxy groups -OCH3 is 1. The third-order valence-electron chi connectivity index (χ3n) is 4.72. The summed E-state index contributed by atoms with van der Waals surface area (Å²) in [5.74, 6) is -3.07. The van der Waals surface area contributed by atoms with E-state index in [0.29, 0.717) is 13.0 Å². The topological polar surface area (TPSA) is 134 Å². The molecule has 0 spiro atoms. The molecule has 29 heavy (non-hydrogen) atoms. The average Bonchev–Trinajstić information content (AvgIpc) is 2.73. The van der Waals surface area contributed by atoms with Crippen molar-refractivity contribution in [1.29, 1.82) is 0 Å². The van der Waals surface area contributed by atoms with E-state index in [2.05, 4.69) is 16.0 Å². The number of amides is 2. The van der Waals surface area contributed by atoms with Crippen LogP contribution in [0.4, 0.5) is 0 Å². The molecule has 0 radical (unpaired) electrons. The zero-order chi connectivity index (χ0) is 21.2. The van der Waals surface area contributed by atoms with Gasteiger partial charge in [-0.3, -0.25) is 14.4 Å². The number of hydrogen-bond acceptors (Lipinski definition) is 6. The molecule has 1 aliphatic rings. The molecule has 1 aromatic rings. The highest BCUT2D eigenvalue weighted by Gasteiger charge is 2.31. The van der Waals surface area contributed by atoms with Crippen LogP contribution >= 0.6 is 0 Å². The molecule has 0 aromatic heterocycles. The Hall–Kier alpha value is -2.94. The molecule has 2 rings (SSSR count). The Morgan fingerprint density at radius 1 is 1.14 bits per heavy atom. The van der Waals surface area contributed by atoms with E-state index in [0.717, 1.165) is 18.4 Å². The van der Waals surface area contributed by atoms with Crippen LogP contribution in [0.3, 0.4) is 0 Å². The largest absolute Gasteiger partial charge is 0.481 e. The number of nitrogens with one attached hydrogen (secondary N) is 3. The van der Waals surface area contributed by atoms with Gasteiger partial charge in [0.1, 0.15) is 12.1 Å². The van der Waals surface area contributed by atoms with Crippen LogP contribution in [0, 0.1) is 0 Å². The van der Waals surface area contributed by atoms with E-state index in [4.69, 9.17) is 9.84 Å². The maximum atomic E-state index is 12.7. The van der Waals surface area contributed by atoms with Crippen molar-refractivity contribution in [1.82, 2.24) is 16.0 Å². The van der Waals surface area contributed by atoms with Gasteiger partial charge in [-0.2, -0.15) is 0 Å². The predicted molar refractivity (Wildman–Crippen MR) is 104 cm³/mol. The van der Waals surface area contributed by atoms with Gasteiger partial charge in [-0.25, -0.2) is 4.79 Å². The van der Waals surface area contributed by atoms with Crippen molar-refractivity contribution in [2.75, 3.05) is 13.7 Å². The van der Waals surface area contributed by atoms with Gasteiger partial charge in [0.05, 0.1) is 19.6 Å². The molecular formula is C20H27N3O6. The van der Waals surface area contributed by atoms with Gasteiger partial charge in [0.15, 0.2) is 0 Å². The second kappa shape index (κ2) is 11.2. The minimum atomic E-state index is -1.30. The quantitative estimate of drug-likeness (QED) is 0.425. The highest BCUT2D eigenvalue weighted by atomic mass is 16.5. The Morgan fingerprint density at radius 2 is 1.86 bits per heavy atom. The molecule has 9 heteroatoms. The van der Waals surface area contributed by atoms with Gasteiger partial charge in [-0.1, -0.05) is 36.8 Å². The number of rotatable bonds is 9. The summed E-state index contributed by atoms with van der Waals surface area (Å²) in [5, 5.41) is 17.2. The molecule has 0 saturated carbocycles. The SMILES string of the molecule is COC(=O)[C@H](Cc1ccccc1)NC(=O)[C@H](CC(=O)O)NC(=O)C1CCCCN1. The Bertz CT molecular complexity index is 718. The number of carboxylic acids is 1. The fraction of sp³-hybridized carbons (Fsp3) is 0.500. The van der Waals surface area contributed by atoms with Crippen LogP contribution in [0.15, 0.2) is 30.3 Å². The van der Waals surface area contributed by atoms with Crippen LogP contribution < -0.4 is 16.0 Å². The molecule has 1 unspecified atom stereocenters. The number of hydrogen-bond donors (Lipinski definition) is 4. The third-order valence-corrected chi connectivity index (χ3v) is 4.72. The van der Waals surface area contributed by atoms with E-state index in [-0.39, 0.29) is 6.42 Å². The molecule has 0 aliphatic carbocycles. The number of benzene rings is 1. The Kier molecular flexibility index (Phi) is 8.60. The van der Waals surface area contributed by atoms with E-state index in [1.54, 1.807) is 24.3 Å². The summed E-state index contributed by atoms with van der Waals surface area (Å²) < 4.78 is 4.76. The predicted octanol–water partition coefficient (Wildman–Crippen LogP) is -0.0115. The van der Waals surface area contributed by atoms with Gasteiger partial charge in [0.2, 0.25) is 11.8 Å². The lowest BCUT2D eigenvalue weighted by atomic mass is 10.0. The zero-order valence-electron chi connectivity index (χ0n) is 16.3. The van der Waals surface area contributed by atoms with E-state index in [1.165, 1.54) is 7.11 Å². The van der Waals surface area contributed by atoms with E-state index in [1.807, 2.05) is 6.07 Å². The summed E-state index contributed by atoms with van der Waals surface area (Å²) in [6.07, 6.45) is 2.04.